The van der Waals surface area contributed by atoms with Gasteiger partial charge < -0.3 is 29.4 Å². The second-order valence-corrected chi connectivity index (χ2v) is 10.3. The minimum absolute atomic E-state index is 0.0888. The molecule has 0 aromatic rings. The number of allylic oxidation sites excluding steroid dienone is 2. The molecule has 1 saturated carbocycles. The number of nitrogens with zero attached hydrogens (tertiary/aromatic N) is 2. The van der Waals surface area contributed by atoms with Gasteiger partial charge in [-0.05, 0) is 50.4 Å². The monoisotopic (exact) mass is 590 g/mol. The molecule has 0 aromatic carbocycles. The van der Waals surface area contributed by atoms with Crippen molar-refractivity contribution in [2.75, 3.05) is 26.4 Å². The van der Waals surface area contributed by atoms with Crippen molar-refractivity contribution in [3.05, 3.63) is 32.4 Å². The van der Waals surface area contributed by atoms with Crippen LogP contribution in [-0.2, 0) is 28.7 Å². The summed E-state index contributed by atoms with van der Waals surface area (Å²) in [5, 5.41) is 39.4. The maximum atomic E-state index is 12.3. The Morgan fingerprint density at radius 1 is 0.878 bits per heavy atom. The molecule has 236 valence electrons. The fourth-order valence-corrected chi connectivity index (χ4v) is 4.89. The summed E-state index contributed by atoms with van der Waals surface area (Å²) in [6, 6.07) is 0. The number of ether oxygens (including phenoxy) is 2. The zero-order valence-corrected chi connectivity index (χ0v) is 23.9. The zero-order valence-electron chi connectivity index (χ0n) is 23.9. The van der Waals surface area contributed by atoms with Crippen LogP contribution in [0.4, 0.5) is 0 Å². The van der Waals surface area contributed by atoms with Crippen molar-refractivity contribution < 1.29 is 49.1 Å². The number of carbonyl (C=O) groups is 2. The van der Waals surface area contributed by atoms with Crippen LogP contribution in [0.3, 0.4) is 0 Å². The standard InChI is InChI=1S/C27H46N2O12/c1-2-3-4-5-8-11-21(30)14-15-24-23(25(31)18-26(24)32)12-9-6-7-10-13-27(33)39-19-22(20-41-29(36)37)38-16-17-40-28(34)35/h6,9,22-26,31-32H,2-5,7-8,10-20H2,1H3/b9-6-/t22?,23-,24-,25+,26-/m1/s1. The van der Waals surface area contributed by atoms with Crippen molar-refractivity contribution in [3.8, 4) is 0 Å². The van der Waals surface area contributed by atoms with Crippen molar-refractivity contribution in [3.63, 3.8) is 0 Å². The van der Waals surface area contributed by atoms with Gasteiger partial charge in [0.1, 0.15) is 31.7 Å². The summed E-state index contributed by atoms with van der Waals surface area (Å²) in [5.41, 5.74) is 0. The highest BCUT2D eigenvalue weighted by Crippen LogP contribution is 2.38. The summed E-state index contributed by atoms with van der Waals surface area (Å²) in [6.45, 7) is 0.663. The van der Waals surface area contributed by atoms with Crippen molar-refractivity contribution >= 4 is 11.8 Å². The van der Waals surface area contributed by atoms with Gasteiger partial charge in [0, 0.05) is 19.3 Å². The molecule has 0 radical (unpaired) electrons. The average molecular weight is 591 g/mol. The van der Waals surface area contributed by atoms with Crippen molar-refractivity contribution in [1.82, 2.24) is 0 Å². The quantitative estimate of drug-likeness (QED) is 0.0516. The number of aliphatic hydroxyl groups is 2. The van der Waals surface area contributed by atoms with Gasteiger partial charge in [-0.2, -0.15) is 0 Å². The van der Waals surface area contributed by atoms with Crippen LogP contribution in [0.2, 0.25) is 0 Å². The van der Waals surface area contributed by atoms with Crippen LogP contribution in [0, 0.1) is 32.1 Å². The van der Waals surface area contributed by atoms with E-state index in [0.717, 1.165) is 25.7 Å². The Morgan fingerprint density at radius 2 is 1.59 bits per heavy atom. The normalized spacial score (nSPS) is 21.0. The molecular weight excluding hydrogens is 544 g/mol. The van der Waals surface area contributed by atoms with Crippen molar-refractivity contribution in [2.45, 2.75) is 109 Å². The molecule has 0 aromatic heterocycles. The van der Waals surface area contributed by atoms with E-state index in [0.29, 0.717) is 44.9 Å². The van der Waals surface area contributed by atoms with Gasteiger partial charge >= 0.3 is 5.97 Å². The number of aliphatic hydroxyl groups excluding tert-OH is 2. The molecule has 0 aliphatic heterocycles. The van der Waals surface area contributed by atoms with E-state index in [9.17, 15) is 40.0 Å². The third kappa shape index (κ3) is 17.6. The molecule has 0 amide bonds. The van der Waals surface area contributed by atoms with E-state index in [4.69, 9.17) is 9.47 Å². The van der Waals surface area contributed by atoms with Crippen LogP contribution in [0.5, 0.6) is 0 Å². The molecule has 14 heteroatoms. The number of unbranched alkanes of at least 4 members (excludes halogenated alkanes) is 5. The fourth-order valence-electron chi connectivity index (χ4n) is 4.89. The summed E-state index contributed by atoms with van der Waals surface area (Å²) in [5.74, 6) is -0.589. The number of Topliss-reactive ketones (excluding diaryl/α,β-unsaturated/α-hetero) is 1. The number of ketones is 1. The molecule has 5 atom stereocenters. The van der Waals surface area contributed by atoms with Crippen LogP contribution in [0.15, 0.2) is 12.2 Å². The van der Waals surface area contributed by atoms with Gasteiger partial charge in [0.25, 0.3) is 10.2 Å². The number of hydrogen-bond donors (Lipinski definition) is 2. The maximum absolute atomic E-state index is 12.3. The van der Waals surface area contributed by atoms with Gasteiger partial charge in [-0.3, -0.25) is 9.59 Å². The maximum Gasteiger partial charge on any atom is 0.305 e. The lowest BCUT2D eigenvalue weighted by Gasteiger charge is -2.22. The van der Waals surface area contributed by atoms with Gasteiger partial charge in [0.2, 0.25) is 0 Å². The first-order valence-electron chi connectivity index (χ1n) is 14.5. The predicted octanol–water partition coefficient (Wildman–Crippen LogP) is 3.52. The summed E-state index contributed by atoms with van der Waals surface area (Å²) < 4.78 is 10.3. The van der Waals surface area contributed by atoms with Crippen LogP contribution in [-0.4, -0.2) is 76.9 Å². The van der Waals surface area contributed by atoms with E-state index in [2.05, 4.69) is 16.6 Å². The molecule has 14 nitrogen and oxygen atoms in total. The second-order valence-electron chi connectivity index (χ2n) is 10.3. The van der Waals surface area contributed by atoms with Crippen LogP contribution < -0.4 is 0 Å². The first-order valence-corrected chi connectivity index (χ1v) is 14.5. The lowest BCUT2D eigenvalue weighted by Crippen LogP contribution is -2.29. The Bertz CT molecular complexity index is 809. The van der Waals surface area contributed by atoms with Crippen molar-refractivity contribution in [2.24, 2.45) is 11.8 Å². The molecule has 1 rings (SSSR count). The topological polar surface area (TPSA) is 198 Å². The van der Waals surface area contributed by atoms with Crippen LogP contribution in [0.1, 0.15) is 90.4 Å². The lowest BCUT2D eigenvalue weighted by atomic mass is 9.86. The lowest BCUT2D eigenvalue weighted by molar-refractivity contribution is -0.760. The van der Waals surface area contributed by atoms with Gasteiger partial charge in [-0.15, -0.1) is 20.2 Å². The SMILES string of the molecule is CCCCCCCC(=O)CC[C@@H]1[C@@H](C/C=C\CCCC(=O)OCC(CO[N+](=O)[O-])OCCO[N+](=O)[O-])[C@@H](O)C[C@H]1O. The molecule has 1 aliphatic rings. The third-order valence-corrected chi connectivity index (χ3v) is 7.09. The van der Waals surface area contributed by atoms with Crippen molar-refractivity contribution in [1.29, 1.82) is 0 Å². The Hall–Kier alpha value is -2.84. The average Bonchev–Trinajstić information content (AvgIpc) is 3.19. The number of rotatable bonds is 25. The molecule has 41 heavy (non-hydrogen) atoms. The zero-order chi connectivity index (χ0) is 30.5. The predicted molar refractivity (Wildman–Crippen MR) is 145 cm³/mol. The first-order chi connectivity index (χ1) is 19.6. The van der Waals surface area contributed by atoms with Gasteiger partial charge in [0.05, 0.1) is 18.8 Å². The van der Waals surface area contributed by atoms with Gasteiger partial charge in [-0.1, -0.05) is 44.8 Å². The highest BCUT2D eigenvalue weighted by Gasteiger charge is 2.40. The highest BCUT2D eigenvalue weighted by molar-refractivity contribution is 5.78. The molecular formula is C27H46N2O12. The van der Waals surface area contributed by atoms with E-state index < -0.39 is 47.7 Å². The minimum Gasteiger partial charge on any atom is -0.463 e. The molecule has 0 bridgehead atoms. The largest absolute Gasteiger partial charge is 0.463 e. The molecule has 1 aliphatic carbocycles. The summed E-state index contributed by atoms with van der Waals surface area (Å²) in [4.78, 5) is 53.2. The first kappa shape index (κ1) is 36.2. The number of hydrogen-bond acceptors (Lipinski definition) is 12. The molecule has 0 heterocycles. The molecule has 1 fully saturated rings. The van der Waals surface area contributed by atoms with Crippen LogP contribution in [0.25, 0.3) is 0 Å². The Morgan fingerprint density at radius 3 is 2.29 bits per heavy atom. The van der Waals surface area contributed by atoms with E-state index in [1.165, 1.54) is 6.42 Å². The minimum atomic E-state index is -1.03. The molecule has 0 saturated heterocycles. The van der Waals surface area contributed by atoms with E-state index in [1.807, 2.05) is 12.2 Å². The molecule has 2 N–H and O–H groups in total. The third-order valence-electron chi connectivity index (χ3n) is 7.09. The Balaban J connectivity index is 2.32. The summed E-state index contributed by atoms with van der Waals surface area (Å²) >= 11 is 0. The fraction of sp³-hybridized carbons (Fsp3) is 0.852. The van der Waals surface area contributed by atoms with Crippen LogP contribution >= 0.6 is 0 Å². The smallest absolute Gasteiger partial charge is 0.305 e. The van der Waals surface area contributed by atoms with E-state index >= 15 is 0 Å². The summed E-state index contributed by atoms with van der Waals surface area (Å²) in [7, 11) is 0. The second kappa shape index (κ2) is 21.8. The van der Waals surface area contributed by atoms with Gasteiger partial charge in [-0.25, -0.2) is 0 Å². The Labute approximate surface area is 240 Å². The molecule has 1 unspecified atom stereocenters. The summed E-state index contributed by atoms with van der Waals surface area (Å²) in [6.07, 6.45) is 10.6. The van der Waals surface area contributed by atoms with E-state index in [-0.39, 0.29) is 37.3 Å². The highest BCUT2D eigenvalue weighted by atomic mass is 17.0. The Kier molecular flexibility index (Phi) is 19.3. The van der Waals surface area contributed by atoms with Gasteiger partial charge in [0.15, 0.2) is 0 Å². The van der Waals surface area contributed by atoms with E-state index in [1.54, 1.807) is 0 Å². The number of carbonyl (C=O) groups excluding carboxylic acids is 2. The molecule has 0 spiro atoms. The number of esters is 1.